The fourth-order valence-electron chi connectivity index (χ4n) is 4.40. The van der Waals surface area contributed by atoms with Crippen LogP contribution in [0.1, 0.15) is 36.4 Å². The molecule has 0 radical (unpaired) electrons. The van der Waals surface area contributed by atoms with Crippen molar-refractivity contribution in [3.05, 3.63) is 65.5 Å². The Morgan fingerprint density at radius 1 is 1.03 bits per heavy atom. The van der Waals surface area contributed by atoms with Crippen LogP contribution in [0.3, 0.4) is 0 Å². The highest BCUT2D eigenvalue weighted by Crippen LogP contribution is 2.39. The summed E-state index contributed by atoms with van der Waals surface area (Å²) in [6.07, 6.45) is 5.38. The summed E-state index contributed by atoms with van der Waals surface area (Å²) in [5.74, 6) is -5.57. The van der Waals surface area contributed by atoms with E-state index >= 15 is 0 Å². The summed E-state index contributed by atoms with van der Waals surface area (Å²) >= 11 is 0. The first-order valence-corrected chi connectivity index (χ1v) is 11.0. The van der Waals surface area contributed by atoms with Crippen LogP contribution >= 0.6 is 0 Å². The predicted molar refractivity (Wildman–Crippen MR) is 117 cm³/mol. The second kappa shape index (κ2) is 8.91. The van der Waals surface area contributed by atoms with E-state index in [1.54, 1.807) is 4.90 Å². The first kappa shape index (κ1) is 23.2. The zero-order valence-electron chi connectivity index (χ0n) is 18.3. The normalized spacial score (nSPS) is 21.8. The van der Waals surface area contributed by atoms with Gasteiger partial charge in [-0.2, -0.15) is 5.10 Å². The summed E-state index contributed by atoms with van der Waals surface area (Å²) in [5.41, 5.74) is 7.37. The number of ether oxygens (including phenoxy) is 1. The molecule has 0 saturated carbocycles. The zero-order valence-corrected chi connectivity index (χ0v) is 18.3. The average Bonchev–Trinajstić information content (AvgIpc) is 3.43. The van der Waals surface area contributed by atoms with Gasteiger partial charge < -0.3 is 15.4 Å². The average molecular weight is 492 g/mol. The lowest BCUT2D eigenvalue weighted by Crippen LogP contribution is -2.29. The number of H-pyrrole nitrogens is 1. The van der Waals surface area contributed by atoms with Gasteiger partial charge in [0.2, 0.25) is 5.95 Å². The molecule has 3 N–H and O–H groups in total. The molecule has 12 heteroatoms. The molecule has 2 atom stereocenters. The van der Waals surface area contributed by atoms with Gasteiger partial charge in [0.15, 0.2) is 23.1 Å². The Bertz CT molecular complexity index is 1260. The molecule has 0 bridgehead atoms. The van der Waals surface area contributed by atoms with Gasteiger partial charge in [-0.3, -0.25) is 5.10 Å². The van der Waals surface area contributed by atoms with Crippen LogP contribution < -0.4 is 15.4 Å². The molecule has 0 amide bonds. The van der Waals surface area contributed by atoms with Crippen LogP contribution in [-0.4, -0.2) is 45.2 Å². The Morgan fingerprint density at radius 3 is 2.49 bits per heavy atom. The molecule has 2 aliphatic rings. The molecule has 7 nitrogen and oxygen atoms in total. The number of halogens is 5. The van der Waals surface area contributed by atoms with Crippen molar-refractivity contribution >= 4 is 11.5 Å². The number of aromatic amines is 1. The largest absolute Gasteiger partial charge is 0.450 e. The van der Waals surface area contributed by atoms with Crippen LogP contribution in [-0.2, 0) is 0 Å². The van der Waals surface area contributed by atoms with E-state index in [1.807, 2.05) is 0 Å². The zero-order chi connectivity index (χ0) is 24.7. The number of rotatable bonds is 5. The van der Waals surface area contributed by atoms with Crippen molar-refractivity contribution in [3.63, 3.8) is 0 Å². The van der Waals surface area contributed by atoms with Gasteiger partial charge >= 0.3 is 0 Å². The number of allylic oxidation sites excluding steroid dienone is 2. The van der Waals surface area contributed by atoms with Gasteiger partial charge in [-0.25, -0.2) is 31.9 Å². The van der Waals surface area contributed by atoms with Gasteiger partial charge in [0, 0.05) is 44.0 Å². The number of nitrogens with zero attached hydrogens (tertiary/aromatic N) is 4. The summed E-state index contributed by atoms with van der Waals surface area (Å²) < 4.78 is 73.9. The van der Waals surface area contributed by atoms with E-state index < -0.39 is 35.3 Å². The Kier molecular flexibility index (Phi) is 5.91. The van der Waals surface area contributed by atoms with Crippen LogP contribution in [0.15, 0.2) is 36.8 Å². The van der Waals surface area contributed by atoms with Gasteiger partial charge in [-0.1, -0.05) is 6.08 Å². The first-order chi connectivity index (χ1) is 16.7. The third-order valence-corrected chi connectivity index (χ3v) is 6.26. The van der Waals surface area contributed by atoms with Crippen LogP contribution in [0.5, 0.6) is 11.5 Å². The molecule has 0 spiro atoms. The minimum Gasteiger partial charge on any atom is -0.450 e. The van der Waals surface area contributed by atoms with E-state index in [9.17, 15) is 22.0 Å². The lowest BCUT2D eigenvalue weighted by Gasteiger charge is -2.21. The molecule has 3 aromatic rings. The molecule has 1 aromatic carbocycles. The number of benzene rings is 1. The first-order valence-electron chi connectivity index (χ1n) is 11.0. The third kappa shape index (κ3) is 4.70. The number of hydrogen-bond acceptors (Lipinski definition) is 6. The van der Waals surface area contributed by atoms with E-state index in [1.165, 1.54) is 24.7 Å². The highest BCUT2D eigenvalue weighted by Gasteiger charge is 2.35. The van der Waals surface area contributed by atoms with Crippen LogP contribution in [0.4, 0.5) is 27.9 Å². The van der Waals surface area contributed by atoms with Crippen molar-refractivity contribution in [2.75, 3.05) is 18.0 Å². The van der Waals surface area contributed by atoms with Crippen molar-refractivity contribution in [1.29, 1.82) is 0 Å². The van der Waals surface area contributed by atoms with Crippen LogP contribution in [0.2, 0.25) is 0 Å². The van der Waals surface area contributed by atoms with Gasteiger partial charge in [0.1, 0.15) is 11.5 Å². The molecule has 1 aliphatic carbocycles. The molecule has 1 fully saturated rings. The number of anilines is 1. The molecule has 184 valence electrons. The van der Waals surface area contributed by atoms with Crippen LogP contribution in [0, 0.1) is 17.5 Å². The number of nitrogens with one attached hydrogen (secondary N) is 1. The quantitative estimate of drug-likeness (QED) is 0.401. The molecule has 3 heterocycles. The summed E-state index contributed by atoms with van der Waals surface area (Å²) in [6, 6.07) is 0.808. The maximum absolute atomic E-state index is 14.2. The maximum Gasteiger partial charge on any atom is 0.251 e. The van der Waals surface area contributed by atoms with Crippen molar-refractivity contribution in [3.8, 4) is 11.5 Å². The SMILES string of the molecule is NC1CN(c2ncc(Oc3cn[nH]c3C3=CCC(F)(F)CC3)cn2)CC1c1cc(F)c(F)cc1F. The second-order valence-corrected chi connectivity index (χ2v) is 8.68. The van der Waals surface area contributed by atoms with E-state index in [2.05, 4.69) is 20.2 Å². The molecule has 1 saturated heterocycles. The van der Waals surface area contributed by atoms with Gasteiger partial charge in [-0.15, -0.1) is 0 Å². The van der Waals surface area contributed by atoms with E-state index in [0.29, 0.717) is 34.8 Å². The molecular weight excluding hydrogens is 471 g/mol. The molecule has 2 unspecified atom stereocenters. The Balaban J connectivity index is 1.28. The number of aromatic nitrogens is 4. The number of nitrogens with two attached hydrogens (primary N) is 1. The van der Waals surface area contributed by atoms with Crippen molar-refractivity contribution in [1.82, 2.24) is 20.2 Å². The van der Waals surface area contributed by atoms with Crippen molar-refractivity contribution < 1.29 is 26.7 Å². The second-order valence-electron chi connectivity index (χ2n) is 8.68. The fourth-order valence-corrected chi connectivity index (χ4v) is 4.40. The molecule has 2 aromatic heterocycles. The highest BCUT2D eigenvalue weighted by molar-refractivity contribution is 5.68. The summed E-state index contributed by atoms with van der Waals surface area (Å²) in [6.45, 7) is 0.502. The topological polar surface area (TPSA) is 93.0 Å². The molecule has 5 rings (SSSR count). The standard InChI is InChI=1S/C23H21F5N6O/c24-16-6-18(26)17(25)5-14(16)15-10-34(11-19(15)29)22-30-7-13(8-31-22)35-20-9-32-33-21(20)12-1-3-23(27,28)4-2-12/h1,5-9,15,19H,2-4,10-11,29H2,(H,32,33). The van der Waals surface area contributed by atoms with Crippen molar-refractivity contribution in [2.24, 2.45) is 5.73 Å². The smallest absolute Gasteiger partial charge is 0.251 e. The summed E-state index contributed by atoms with van der Waals surface area (Å²) in [5, 5.41) is 6.74. The predicted octanol–water partition coefficient (Wildman–Crippen LogP) is 4.54. The fraction of sp³-hybridized carbons (Fsp3) is 0.348. The van der Waals surface area contributed by atoms with E-state index in [4.69, 9.17) is 10.5 Å². The van der Waals surface area contributed by atoms with E-state index in [0.717, 1.165) is 6.07 Å². The summed E-state index contributed by atoms with van der Waals surface area (Å²) in [7, 11) is 0. The number of alkyl halides is 2. The van der Waals surface area contributed by atoms with Gasteiger partial charge in [0.05, 0.1) is 18.6 Å². The maximum atomic E-state index is 14.2. The van der Waals surface area contributed by atoms with Gasteiger partial charge in [-0.05, 0) is 23.6 Å². The number of hydrogen-bond donors (Lipinski definition) is 2. The monoisotopic (exact) mass is 492 g/mol. The lowest BCUT2D eigenvalue weighted by molar-refractivity contribution is -0.00607. The third-order valence-electron chi connectivity index (χ3n) is 6.26. The highest BCUT2D eigenvalue weighted by atomic mass is 19.3. The minimum absolute atomic E-state index is 0.00104. The Labute approximate surface area is 196 Å². The Morgan fingerprint density at radius 2 is 1.77 bits per heavy atom. The summed E-state index contributed by atoms with van der Waals surface area (Å²) in [4.78, 5) is 10.3. The molecule has 35 heavy (non-hydrogen) atoms. The molecule has 1 aliphatic heterocycles. The van der Waals surface area contributed by atoms with Gasteiger partial charge in [0.25, 0.3) is 5.92 Å². The molecular formula is C23H21F5N6O. The van der Waals surface area contributed by atoms with Crippen molar-refractivity contribution in [2.45, 2.75) is 37.1 Å². The van der Waals surface area contributed by atoms with Crippen LogP contribution in [0.25, 0.3) is 5.57 Å². The Hall–Kier alpha value is -3.54. The lowest BCUT2D eigenvalue weighted by atomic mass is 9.94. The van der Waals surface area contributed by atoms with E-state index in [-0.39, 0.29) is 37.9 Å². The minimum atomic E-state index is -2.71.